The van der Waals surface area contributed by atoms with Gasteiger partial charge in [-0.25, -0.2) is 8.42 Å². The lowest BCUT2D eigenvalue weighted by Crippen LogP contribution is -2.19. The minimum Gasteiger partial charge on any atom is -0.497 e. The van der Waals surface area contributed by atoms with Gasteiger partial charge in [-0.05, 0) is 84.6 Å². The van der Waals surface area contributed by atoms with Crippen LogP contribution in [0.3, 0.4) is 0 Å². The molecule has 0 radical (unpaired) electrons. The van der Waals surface area contributed by atoms with Crippen LogP contribution in [0.1, 0.15) is 46.6 Å². The molecule has 0 aliphatic rings. The van der Waals surface area contributed by atoms with Crippen LogP contribution in [-0.4, -0.2) is 50.1 Å². The Kier molecular flexibility index (Phi) is 12.4. The zero-order valence-corrected chi connectivity index (χ0v) is 28.5. The van der Waals surface area contributed by atoms with E-state index in [1.165, 1.54) is 0 Å². The molecular weight excluding hydrogens is 616 g/mol. The highest BCUT2D eigenvalue weighted by atomic mass is 32.2. The highest BCUT2D eigenvalue weighted by Crippen LogP contribution is 2.39. The summed E-state index contributed by atoms with van der Waals surface area (Å²) in [5.74, 6) is 3.59. The number of hydrogen-bond acceptors (Lipinski definition) is 8. The van der Waals surface area contributed by atoms with Crippen LogP contribution >= 0.6 is 0 Å². The van der Waals surface area contributed by atoms with Gasteiger partial charge in [0.1, 0.15) is 22.0 Å². The number of benzene rings is 4. The van der Waals surface area contributed by atoms with E-state index in [4.69, 9.17) is 28.4 Å². The minimum absolute atomic E-state index is 0.493. The standard InChI is InChI=1S/C38H42O8S/c1-7-45-33-21-9-27(25-35(33)43-5)11-23-37(29-13-17-31(41-3)18-14-29)47(39,40)38(30-15-19-32(42-4)20-16-30)24-12-28-10-22-34(46-8-2)36(26-28)44-6/h9-26,37-38H,7-8H2,1-6H3/b23-11+,24-12+. The van der Waals surface area contributed by atoms with Crippen LogP contribution in [0, 0.1) is 0 Å². The summed E-state index contributed by atoms with van der Waals surface area (Å²) >= 11 is 0. The third-order valence-corrected chi connectivity index (χ3v) is 9.77. The van der Waals surface area contributed by atoms with Crippen LogP contribution in [0.4, 0.5) is 0 Å². The first-order chi connectivity index (χ1) is 22.8. The summed E-state index contributed by atoms with van der Waals surface area (Å²) in [7, 11) is 2.31. The van der Waals surface area contributed by atoms with Crippen LogP contribution in [0.15, 0.2) is 97.1 Å². The summed E-state index contributed by atoms with van der Waals surface area (Å²) in [4.78, 5) is 0. The first kappa shape index (κ1) is 35.0. The molecule has 47 heavy (non-hydrogen) atoms. The van der Waals surface area contributed by atoms with Gasteiger partial charge in [-0.15, -0.1) is 0 Å². The van der Waals surface area contributed by atoms with Crippen molar-refractivity contribution in [2.24, 2.45) is 0 Å². The molecule has 4 aromatic carbocycles. The Labute approximate surface area is 278 Å². The van der Waals surface area contributed by atoms with Gasteiger partial charge in [-0.2, -0.15) is 0 Å². The summed E-state index contributed by atoms with van der Waals surface area (Å²) in [5.41, 5.74) is 2.71. The number of hydrogen-bond donors (Lipinski definition) is 0. The molecule has 2 atom stereocenters. The molecule has 248 valence electrons. The third kappa shape index (κ3) is 8.68. The molecule has 4 aromatic rings. The highest BCUT2D eigenvalue weighted by molar-refractivity contribution is 7.92. The molecule has 0 aliphatic heterocycles. The lowest BCUT2D eigenvalue weighted by atomic mass is 10.1. The Hall–Kier alpha value is -4.89. The van der Waals surface area contributed by atoms with Gasteiger partial charge in [-0.3, -0.25) is 0 Å². The molecule has 0 aliphatic carbocycles. The van der Waals surface area contributed by atoms with Crippen molar-refractivity contribution in [3.05, 3.63) is 119 Å². The predicted octanol–water partition coefficient (Wildman–Crippen LogP) is 8.14. The molecule has 0 saturated heterocycles. The second-order valence-electron chi connectivity index (χ2n) is 10.4. The Morgan fingerprint density at radius 2 is 0.915 bits per heavy atom. The van der Waals surface area contributed by atoms with Gasteiger partial charge < -0.3 is 28.4 Å². The fourth-order valence-electron chi connectivity index (χ4n) is 5.09. The molecule has 8 nitrogen and oxygen atoms in total. The van der Waals surface area contributed by atoms with Crippen molar-refractivity contribution in [2.45, 2.75) is 24.3 Å². The van der Waals surface area contributed by atoms with Crippen LogP contribution in [0.5, 0.6) is 34.5 Å². The lowest BCUT2D eigenvalue weighted by molar-refractivity contribution is 0.311. The molecule has 0 spiro atoms. The SMILES string of the molecule is CCOc1ccc(/C=C/C(c2ccc(OC)cc2)S(=O)(=O)C(/C=C/c2ccc(OCC)c(OC)c2)c2ccc(OC)cc2)cc1OC. The fraction of sp³-hybridized carbons (Fsp3) is 0.263. The van der Waals surface area contributed by atoms with Crippen molar-refractivity contribution < 1.29 is 36.8 Å². The van der Waals surface area contributed by atoms with E-state index >= 15 is 0 Å². The van der Waals surface area contributed by atoms with Crippen molar-refractivity contribution in [2.75, 3.05) is 41.7 Å². The van der Waals surface area contributed by atoms with Crippen molar-refractivity contribution in [3.8, 4) is 34.5 Å². The normalized spacial score (nSPS) is 12.9. The van der Waals surface area contributed by atoms with Gasteiger partial charge in [0.15, 0.2) is 32.8 Å². The topological polar surface area (TPSA) is 89.5 Å². The zero-order valence-electron chi connectivity index (χ0n) is 27.6. The first-order valence-corrected chi connectivity index (χ1v) is 16.9. The minimum atomic E-state index is -3.98. The van der Waals surface area contributed by atoms with Gasteiger partial charge in [0.05, 0.1) is 41.7 Å². The molecular formula is C38H42O8S. The van der Waals surface area contributed by atoms with Crippen molar-refractivity contribution in [3.63, 3.8) is 0 Å². The molecule has 0 saturated carbocycles. The van der Waals surface area contributed by atoms with Gasteiger partial charge in [-0.1, -0.05) is 60.7 Å². The Balaban J connectivity index is 1.83. The summed E-state index contributed by atoms with van der Waals surface area (Å²) in [5, 5.41) is -2.03. The first-order valence-electron chi connectivity index (χ1n) is 15.3. The number of rotatable bonds is 16. The van der Waals surface area contributed by atoms with E-state index in [2.05, 4.69) is 0 Å². The quantitative estimate of drug-likeness (QED) is 0.119. The average molecular weight is 659 g/mol. The summed E-state index contributed by atoms with van der Waals surface area (Å²) < 4.78 is 62.8. The fourth-order valence-corrected chi connectivity index (χ4v) is 7.07. The molecule has 0 amide bonds. The summed E-state index contributed by atoms with van der Waals surface area (Å²) in [6.45, 7) is 4.79. The van der Waals surface area contributed by atoms with Crippen molar-refractivity contribution >= 4 is 22.0 Å². The maximum Gasteiger partial charge on any atom is 0.171 e. The predicted molar refractivity (Wildman–Crippen MR) is 187 cm³/mol. The molecule has 4 rings (SSSR count). The van der Waals surface area contributed by atoms with E-state index in [9.17, 15) is 8.42 Å². The Morgan fingerprint density at radius 3 is 1.23 bits per heavy atom. The van der Waals surface area contributed by atoms with Crippen molar-refractivity contribution in [1.29, 1.82) is 0 Å². The second kappa shape index (κ2) is 16.6. The monoisotopic (exact) mass is 658 g/mol. The molecule has 0 fully saturated rings. The van der Waals surface area contributed by atoms with Crippen molar-refractivity contribution in [1.82, 2.24) is 0 Å². The Morgan fingerprint density at radius 1 is 0.532 bits per heavy atom. The molecule has 0 heterocycles. The van der Waals surface area contributed by atoms with E-state index in [1.54, 1.807) is 101 Å². The highest BCUT2D eigenvalue weighted by Gasteiger charge is 2.33. The largest absolute Gasteiger partial charge is 0.497 e. The van der Waals surface area contributed by atoms with Crippen LogP contribution in [0.2, 0.25) is 0 Å². The maximum absolute atomic E-state index is 14.9. The average Bonchev–Trinajstić information content (AvgIpc) is 3.10. The van der Waals surface area contributed by atoms with Gasteiger partial charge in [0.2, 0.25) is 0 Å². The summed E-state index contributed by atoms with van der Waals surface area (Å²) in [6.07, 6.45) is 6.99. The summed E-state index contributed by atoms with van der Waals surface area (Å²) in [6, 6.07) is 25.1. The lowest BCUT2D eigenvalue weighted by Gasteiger charge is -2.22. The van der Waals surface area contributed by atoms with Gasteiger partial charge in [0, 0.05) is 0 Å². The van der Waals surface area contributed by atoms with E-state index < -0.39 is 20.3 Å². The molecule has 2 unspecified atom stereocenters. The van der Waals surface area contributed by atoms with Gasteiger partial charge >= 0.3 is 0 Å². The number of ether oxygens (including phenoxy) is 6. The van der Waals surface area contributed by atoms with E-state index in [0.717, 1.165) is 11.1 Å². The molecule has 9 heteroatoms. The van der Waals surface area contributed by atoms with Crippen LogP contribution in [0.25, 0.3) is 12.2 Å². The van der Waals surface area contributed by atoms with Crippen LogP contribution < -0.4 is 28.4 Å². The number of methoxy groups -OCH3 is 4. The van der Waals surface area contributed by atoms with E-state index in [0.29, 0.717) is 58.8 Å². The second-order valence-corrected chi connectivity index (χ2v) is 12.6. The van der Waals surface area contributed by atoms with E-state index in [1.807, 2.05) is 50.2 Å². The van der Waals surface area contributed by atoms with Crippen LogP contribution in [-0.2, 0) is 9.84 Å². The van der Waals surface area contributed by atoms with E-state index in [-0.39, 0.29) is 0 Å². The number of sulfone groups is 1. The zero-order chi connectivity index (χ0) is 33.8. The third-order valence-electron chi connectivity index (χ3n) is 7.50. The van der Waals surface area contributed by atoms with Gasteiger partial charge in [0.25, 0.3) is 0 Å². The smallest absolute Gasteiger partial charge is 0.171 e. The molecule has 0 aromatic heterocycles. The maximum atomic E-state index is 14.9. The molecule has 0 N–H and O–H groups in total. The molecule has 0 bridgehead atoms. The Bertz CT molecular complexity index is 1640.